The molecule has 1 aromatic heterocycles. The van der Waals surface area contributed by atoms with Gasteiger partial charge in [0.15, 0.2) is 0 Å². The lowest BCUT2D eigenvalue weighted by Crippen LogP contribution is -2.30. The predicted molar refractivity (Wildman–Crippen MR) is 128 cm³/mol. The minimum Gasteiger partial charge on any atom is -0.345 e. The molecule has 0 saturated carbocycles. The number of amides is 1. The summed E-state index contributed by atoms with van der Waals surface area (Å²) in [6, 6.07) is 23.3. The Balaban J connectivity index is 1.61. The van der Waals surface area contributed by atoms with Crippen molar-refractivity contribution in [3.63, 3.8) is 0 Å². The van der Waals surface area contributed by atoms with E-state index in [1.807, 2.05) is 66.2 Å². The van der Waals surface area contributed by atoms with E-state index in [0.717, 1.165) is 26.7 Å². The molecule has 1 amide bonds. The zero-order valence-electron chi connectivity index (χ0n) is 18.8. The van der Waals surface area contributed by atoms with Crippen LogP contribution in [0.2, 0.25) is 0 Å². The average molecular weight is 463 g/mol. The van der Waals surface area contributed by atoms with Crippen LogP contribution in [0.25, 0.3) is 11.0 Å². The maximum atomic E-state index is 13.1. The second kappa shape index (κ2) is 9.17. The molecule has 1 heterocycles. The first-order valence-electron chi connectivity index (χ1n) is 10.6. The number of aromatic nitrogens is 2. The lowest BCUT2D eigenvalue weighted by Gasteiger charge is -2.19. The average Bonchev–Trinajstić information content (AvgIpc) is 3.14. The topological polar surface area (TPSA) is 84.3 Å². The number of nitrogens with one attached hydrogen (secondary N) is 1. The van der Waals surface area contributed by atoms with Crippen molar-refractivity contribution in [3.8, 4) is 0 Å². The van der Waals surface area contributed by atoms with Gasteiger partial charge in [0.25, 0.3) is 5.91 Å². The molecule has 3 aromatic carbocycles. The Morgan fingerprint density at radius 2 is 1.61 bits per heavy atom. The highest BCUT2D eigenvalue weighted by Crippen LogP contribution is 2.22. The summed E-state index contributed by atoms with van der Waals surface area (Å²) in [7, 11) is 1.36. The van der Waals surface area contributed by atoms with Crippen LogP contribution in [0.4, 0.5) is 0 Å². The molecule has 0 aliphatic carbocycles. The summed E-state index contributed by atoms with van der Waals surface area (Å²) in [5.74, 6) is 0.578. The Labute approximate surface area is 193 Å². The fourth-order valence-electron chi connectivity index (χ4n) is 3.73. The summed E-state index contributed by atoms with van der Waals surface area (Å²) in [5, 5.41) is 3.10. The maximum Gasteiger partial charge on any atom is 0.251 e. The van der Waals surface area contributed by atoms with Gasteiger partial charge < -0.3 is 9.88 Å². The van der Waals surface area contributed by atoms with Crippen LogP contribution in [0.15, 0.2) is 83.8 Å². The zero-order valence-corrected chi connectivity index (χ0v) is 19.6. The fourth-order valence-corrected chi connectivity index (χ4v) is 4.63. The normalized spacial score (nSPS) is 12.7. The fraction of sp³-hybridized carbons (Fsp3) is 0.200. The van der Waals surface area contributed by atoms with E-state index in [9.17, 15) is 13.2 Å². The molecule has 33 heavy (non-hydrogen) atoms. The van der Waals surface area contributed by atoms with E-state index in [0.29, 0.717) is 12.0 Å². The molecule has 0 aliphatic rings. The first kappa shape index (κ1) is 22.7. The highest BCUT2D eigenvalue weighted by Gasteiger charge is 2.21. The van der Waals surface area contributed by atoms with Gasteiger partial charge in [-0.15, -0.1) is 0 Å². The number of aryl methyl sites for hydroxylation is 1. The second-order valence-electron chi connectivity index (χ2n) is 8.03. The van der Waals surface area contributed by atoms with Crippen molar-refractivity contribution < 1.29 is 13.2 Å². The standard InChI is InChI=1S/C25H26N4O3S/c1-28(2)33(31,32)20-15-13-19(14-16-20)25(30)27-22(18-9-5-4-6-10-18)17-24-26-21-11-7-8-12-23(21)29(24)3/h4-16,22H,17H2,1-3H3,(H,27,30)/t22-/m1/s1. The van der Waals surface area contributed by atoms with Gasteiger partial charge in [-0.05, 0) is 42.0 Å². The Bertz CT molecular complexity index is 1380. The van der Waals surface area contributed by atoms with E-state index in [4.69, 9.17) is 4.98 Å². The van der Waals surface area contributed by atoms with Gasteiger partial charge in [-0.3, -0.25) is 4.79 Å². The number of hydrogen-bond donors (Lipinski definition) is 1. The molecule has 1 N–H and O–H groups in total. The second-order valence-corrected chi connectivity index (χ2v) is 10.2. The summed E-state index contributed by atoms with van der Waals surface area (Å²) in [5.41, 5.74) is 3.29. The zero-order chi connectivity index (χ0) is 23.6. The molecular weight excluding hydrogens is 436 g/mol. The first-order chi connectivity index (χ1) is 15.8. The molecule has 0 unspecified atom stereocenters. The van der Waals surface area contributed by atoms with E-state index in [1.54, 1.807) is 0 Å². The molecule has 0 radical (unpaired) electrons. The van der Waals surface area contributed by atoms with Crippen molar-refractivity contribution in [2.45, 2.75) is 17.4 Å². The first-order valence-corrected chi connectivity index (χ1v) is 12.0. The molecule has 0 bridgehead atoms. The number of nitrogens with zero attached hydrogens (tertiary/aromatic N) is 3. The summed E-state index contributed by atoms with van der Waals surface area (Å²) in [6.45, 7) is 0. The smallest absolute Gasteiger partial charge is 0.251 e. The van der Waals surface area contributed by atoms with Gasteiger partial charge in [0, 0.05) is 33.1 Å². The highest BCUT2D eigenvalue weighted by molar-refractivity contribution is 7.89. The Morgan fingerprint density at radius 1 is 0.970 bits per heavy atom. The maximum absolute atomic E-state index is 13.1. The number of carbonyl (C=O) groups excluding carboxylic acids is 1. The van der Waals surface area contributed by atoms with E-state index in [-0.39, 0.29) is 16.8 Å². The van der Waals surface area contributed by atoms with Gasteiger partial charge in [0.1, 0.15) is 5.82 Å². The number of para-hydroxylation sites is 2. The third-order valence-electron chi connectivity index (χ3n) is 5.67. The van der Waals surface area contributed by atoms with Crippen molar-refractivity contribution in [1.29, 1.82) is 0 Å². The molecule has 170 valence electrons. The van der Waals surface area contributed by atoms with Crippen molar-refractivity contribution in [2.24, 2.45) is 7.05 Å². The van der Waals surface area contributed by atoms with Crippen molar-refractivity contribution in [2.75, 3.05) is 14.1 Å². The van der Waals surface area contributed by atoms with Gasteiger partial charge in [-0.25, -0.2) is 17.7 Å². The molecule has 0 fully saturated rings. The number of carbonyl (C=O) groups is 1. The van der Waals surface area contributed by atoms with Crippen LogP contribution in [0.1, 0.15) is 27.8 Å². The molecule has 4 aromatic rings. The van der Waals surface area contributed by atoms with Gasteiger partial charge in [-0.1, -0.05) is 42.5 Å². The third-order valence-corrected chi connectivity index (χ3v) is 7.50. The molecule has 0 aliphatic heterocycles. The van der Waals surface area contributed by atoms with Crippen LogP contribution in [-0.2, 0) is 23.5 Å². The Hall–Kier alpha value is -3.49. The molecule has 8 heteroatoms. The number of hydrogen-bond acceptors (Lipinski definition) is 4. The summed E-state index contributed by atoms with van der Waals surface area (Å²) in [6.07, 6.45) is 0.508. The van der Waals surface area contributed by atoms with Crippen molar-refractivity contribution in [1.82, 2.24) is 19.2 Å². The van der Waals surface area contributed by atoms with E-state index in [1.165, 1.54) is 38.4 Å². The molecular formula is C25H26N4O3S. The minimum atomic E-state index is -3.55. The Kier molecular flexibility index (Phi) is 6.31. The van der Waals surface area contributed by atoms with Gasteiger partial charge in [-0.2, -0.15) is 0 Å². The minimum absolute atomic E-state index is 0.142. The van der Waals surface area contributed by atoms with E-state index >= 15 is 0 Å². The SMILES string of the molecule is CN(C)S(=O)(=O)c1ccc(C(=O)N[C@H](Cc2nc3ccccc3n2C)c2ccccc2)cc1. The van der Waals surface area contributed by atoms with E-state index < -0.39 is 10.0 Å². The highest BCUT2D eigenvalue weighted by atomic mass is 32.2. The lowest BCUT2D eigenvalue weighted by molar-refractivity contribution is 0.0936. The predicted octanol–water partition coefficient (Wildman–Crippen LogP) is 3.54. The van der Waals surface area contributed by atoms with Crippen LogP contribution >= 0.6 is 0 Å². The van der Waals surface area contributed by atoms with Crippen LogP contribution in [0.5, 0.6) is 0 Å². The van der Waals surface area contributed by atoms with Crippen LogP contribution in [0.3, 0.4) is 0 Å². The summed E-state index contributed by atoms with van der Waals surface area (Å²) >= 11 is 0. The van der Waals surface area contributed by atoms with Gasteiger partial charge >= 0.3 is 0 Å². The summed E-state index contributed by atoms with van der Waals surface area (Å²) < 4.78 is 27.8. The molecule has 0 saturated heterocycles. The van der Waals surface area contributed by atoms with Crippen molar-refractivity contribution >= 4 is 27.0 Å². The van der Waals surface area contributed by atoms with Crippen LogP contribution < -0.4 is 5.32 Å². The number of benzene rings is 3. The number of sulfonamides is 1. The number of fused-ring (bicyclic) bond motifs is 1. The third kappa shape index (κ3) is 4.67. The van der Waals surface area contributed by atoms with Gasteiger partial charge in [0.2, 0.25) is 10.0 Å². The molecule has 4 rings (SSSR count). The molecule has 1 atom stereocenters. The number of rotatable bonds is 7. The quantitative estimate of drug-likeness (QED) is 0.455. The summed E-state index contributed by atoms with van der Waals surface area (Å²) in [4.78, 5) is 18.0. The largest absolute Gasteiger partial charge is 0.345 e. The van der Waals surface area contributed by atoms with Gasteiger partial charge in [0.05, 0.1) is 22.0 Å². The van der Waals surface area contributed by atoms with E-state index in [2.05, 4.69) is 5.32 Å². The molecule has 7 nitrogen and oxygen atoms in total. The van der Waals surface area contributed by atoms with Crippen molar-refractivity contribution in [3.05, 3.63) is 95.8 Å². The van der Waals surface area contributed by atoms with Crippen LogP contribution in [-0.4, -0.2) is 42.3 Å². The molecule has 0 spiro atoms. The van der Waals surface area contributed by atoms with Crippen LogP contribution in [0, 0.1) is 0 Å². The Morgan fingerprint density at radius 3 is 2.24 bits per heavy atom. The number of imidazole rings is 1. The monoisotopic (exact) mass is 462 g/mol. The lowest BCUT2D eigenvalue weighted by atomic mass is 10.0.